The van der Waals surface area contributed by atoms with Gasteiger partial charge in [-0.1, -0.05) is 30.3 Å². The largest absolute Gasteiger partial charge is 0.490 e. The van der Waals surface area contributed by atoms with Gasteiger partial charge in [0.05, 0.1) is 23.7 Å². The Morgan fingerprint density at radius 2 is 1.97 bits per heavy atom. The Balaban J connectivity index is 0.000000383. The number of rotatable bonds is 5. The zero-order valence-electron chi connectivity index (χ0n) is 17.6. The van der Waals surface area contributed by atoms with Crippen LogP contribution in [0.15, 0.2) is 48.0 Å². The van der Waals surface area contributed by atoms with E-state index in [0.717, 1.165) is 29.1 Å². The number of benzene rings is 1. The SMILES string of the molecule is Cc1ccsc1C(=O)NCC1OCCc2cn(Cc3ccccc3)nc21.O=C(O)C(F)(F)F. The number of nitrogens with zero attached hydrogens (tertiary/aromatic N) is 2. The Kier molecular flexibility index (Phi) is 7.88. The van der Waals surface area contributed by atoms with Crippen molar-refractivity contribution in [1.82, 2.24) is 15.1 Å². The van der Waals surface area contributed by atoms with Crippen molar-refractivity contribution < 1.29 is 32.6 Å². The quantitative estimate of drug-likeness (QED) is 0.575. The Hall–Kier alpha value is -3.18. The number of alkyl halides is 3. The summed E-state index contributed by atoms with van der Waals surface area (Å²) in [6.07, 6.45) is -2.32. The van der Waals surface area contributed by atoms with Crippen molar-refractivity contribution >= 4 is 23.2 Å². The van der Waals surface area contributed by atoms with Gasteiger partial charge in [-0.25, -0.2) is 4.79 Å². The van der Waals surface area contributed by atoms with E-state index >= 15 is 0 Å². The molecule has 0 radical (unpaired) electrons. The molecule has 3 heterocycles. The highest BCUT2D eigenvalue weighted by Crippen LogP contribution is 2.26. The number of ether oxygens (including phenoxy) is 1. The van der Waals surface area contributed by atoms with E-state index in [1.54, 1.807) is 0 Å². The van der Waals surface area contributed by atoms with Crippen LogP contribution >= 0.6 is 11.3 Å². The zero-order valence-corrected chi connectivity index (χ0v) is 18.4. The number of aromatic nitrogens is 2. The number of carboxylic acids is 1. The molecule has 0 saturated carbocycles. The van der Waals surface area contributed by atoms with Gasteiger partial charge in [0.25, 0.3) is 5.91 Å². The number of aliphatic carboxylic acids is 1. The molecule has 0 fully saturated rings. The number of halogens is 3. The van der Waals surface area contributed by atoms with Gasteiger partial charge in [-0.15, -0.1) is 11.3 Å². The van der Waals surface area contributed by atoms with Crippen LogP contribution in [-0.4, -0.2) is 46.1 Å². The lowest BCUT2D eigenvalue weighted by molar-refractivity contribution is -0.192. The summed E-state index contributed by atoms with van der Waals surface area (Å²) in [5.74, 6) is -2.80. The minimum Gasteiger partial charge on any atom is -0.475 e. The predicted molar refractivity (Wildman–Crippen MR) is 115 cm³/mol. The molecule has 1 amide bonds. The van der Waals surface area contributed by atoms with Gasteiger partial charge in [0.1, 0.15) is 6.10 Å². The average Bonchev–Trinajstić information content (AvgIpc) is 3.38. The lowest BCUT2D eigenvalue weighted by Gasteiger charge is -2.22. The molecule has 1 unspecified atom stereocenters. The van der Waals surface area contributed by atoms with Crippen molar-refractivity contribution in [3.8, 4) is 0 Å². The summed E-state index contributed by atoms with van der Waals surface area (Å²) in [6, 6.07) is 12.2. The highest BCUT2D eigenvalue weighted by Gasteiger charge is 2.38. The fourth-order valence-corrected chi connectivity index (χ4v) is 4.05. The van der Waals surface area contributed by atoms with E-state index in [9.17, 15) is 18.0 Å². The van der Waals surface area contributed by atoms with Crippen molar-refractivity contribution in [1.29, 1.82) is 0 Å². The van der Waals surface area contributed by atoms with Crippen LogP contribution in [0.1, 0.15) is 38.2 Å². The molecule has 7 nitrogen and oxygen atoms in total. The van der Waals surface area contributed by atoms with E-state index in [-0.39, 0.29) is 12.0 Å². The second-order valence-corrected chi connectivity index (χ2v) is 8.19. The third-order valence-corrected chi connectivity index (χ3v) is 5.83. The van der Waals surface area contributed by atoms with Crippen molar-refractivity contribution in [2.75, 3.05) is 13.2 Å². The molecule has 2 aromatic heterocycles. The number of carbonyl (C=O) groups excluding carboxylic acids is 1. The number of nitrogens with one attached hydrogen (secondary N) is 1. The van der Waals surface area contributed by atoms with Crippen LogP contribution in [0.25, 0.3) is 0 Å². The van der Waals surface area contributed by atoms with Crippen LogP contribution in [0.2, 0.25) is 0 Å². The Labute approximate surface area is 191 Å². The highest BCUT2D eigenvalue weighted by atomic mass is 32.1. The number of thiophene rings is 1. The summed E-state index contributed by atoms with van der Waals surface area (Å²) >= 11 is 1.46. The van der Waals surface area contributed by atoms with Gasteiger partial charge >= 0.3 is 12.1 Å². The zero-order chi connectivity index (χ0) is 24.0. The van der Waals surface area contributed by atoms with E-state index in [4.69, 9.17) is 19.7 Å². The molecule has 33 heavy (non-hydrogen) atoms. The molecule has 1 atom stereocenters. The summed E-state index contributed by atoms with van der Waals surface area (Å²) in [4.78, 5) is 22.0. The second-order valence-electron chi connectivity index (χ2n) is 7.28. The molecule has 176 valence electrons. The molecular formula is C22H22F3N3O4S. The maximum atomic E-state index is 12.3. The molecule has 1 aliphatic heterocycles. The summed E-state index contributed by atoms with van der Waals surface area (Å²) in [5.41, 5.74) is 4.37. The number of hydrogen-bond acceptors (Lipinski definition) is 5. The van der Waals surface area contributed by atoms with Crippen LogP contribution in [0.4, 0.5) is 13.2 Å². The van der Waals surface area contributed by atoms with Gasteiger partial charge in [-0.3, -0.25) is 9.48 Å². The summed E-state index contributed by atoms with van der Waals surface area (Å²) in [5, 5.41) is 16.8. The third kappa shape index (κ3) is 6.65. The molecule has 3 aromatic rings. The van der Waals surface area contributed by atoms with E-state index in [1.165, 1.54) is 22.5 Å². The van der Waals surface area contributed by atoms with Crippen LogP contribution in [0, 0.1) is 6.92 Å². The maximum Gasteiger partial charge on any atom is 0.490 e. The Morgan fingerprint density at radius 1 is 1.27 bits per heavy atom. The van der Waals surface area contributed by atoms with Crippen molar-refractivity contribution in [2.45, 2.75) is 32.2 Å². The summed E-state index contributed by atoms with van der Waals surface area (Å²) in [7, 11) is 0. The topological polar surface area (TPSA) is 93.5 Å². The molecule has 4 rings (SSSR count). The number of carboxylic acid groups (broad SMARTS) is 1. The van der Waals surface area contributed by atoms with Crippen LogP contribution < -0.4 is 5.32 Å². The number of amides is 1. The maximum absolute atomic E-state index is 12.3. The first-order chi connectivity index (χ1) is 15.6. The predicted octanol–water partition coefficient (Wildman–Crippen LogP) is 3.98. The molecular weight excluding hydrogens is 459 g/mol. The van der Waals surface area contributed by atoms with Crippen molar-refractivity contribution in [3.05, 3.63) is 75.2 Å². The first kappa shape index (κ1) is 24.5. The fourth-order valence-electron chi connectivity index (χ4n) is 3.21. The van der Waals surface area contributed by atoms with Gasteiger partial charge in [0.15, 0.2) is 0 Å². The van der Waals surface area contributed by atoms with E-state index < -0.39 is 12.1 Å². The van der Waals surface area contributed by atoms with E-state index in [2.05, 4.69) is 23.6 Å². The van der Waals surface area contributed by atoms with Gasteiger partial charge in [0, 0.05) is 12.7 Å². The smallest absolute Gasteiger partial charge is 0.475 e. The minimum absolute atomic E-state index is 0.0445. The molecule has 0 bridgehead atoms. The minimum atomic E-state index is -5.08. The lowest BCUT2D eigenvalue weighted by atomic mass is 10.1. The standard InChI is InChI=1S/C20H21N3O2S.C2HF3O2/c1-14-8-10-26-19(14)20(24)21-11-17-18-16(7-9-25-17)13-23(22-18)12-15-5-3-2-4-6-15;3-2(4,5)1(6)7/h2-6,8,10,13,17H,7,9,11-12H2,1H3,(H,21,24);(H,6,7). The number of fused-ring (bicyclic) bond motifs is 1. The van der Waals surface area contributed by atoms with Crippen molar-refractivity contribution in [2.24, 2.45) is 0 Å². The monoisotopic (exact) mass is 481 g/mol. The molecule has 0 saturated heterocycles. The van der Waals surface area contributed by atoms with Crippen LogP contribution in [0.3, 0.4) is 0 Å². The second kappa shape index (κ2) is 10.6. The molecule has 0 aliphatic carbocycles. The van der Waals surface area contributed by atoms with E-state index in [0.29, 0.717) is 13.2 Å². The Morgan fingerprint density at radius 3 is 2.58 bits per heavy atom. The Bertz CT molecular complexity index is 1100. The number of hydrogen-bond donors (Lipinski definition) is 2. The summed E-state index contributed by atoms with van der Waals surface area (Å²) < 4.78 is 39.6. The number of aryl methyl sites for hydroxylation is 1. The number of carbonyl (C=O) groups is 2. The van der Waals surface area contributed by atoms with Gasteiger partial charge < -0.3 is 15.2 Å². The van der Waals surface area contributed by atoms with Crippen LogP contribution in [-0.2, 0) is 22.5 Å². The van der Waals surface area contributed by atoms with Gasteiger partial charge in [0.2, 0.25) is 0 Å². The molecule has 11 heteroatoms. The van der Waals surface area contributed by atoms with Crippen molar-refractivity contribution in [3.63, 3.8) is 0 Å². The first-order valence-electron chi connectivity index (χ1n) is 9.99. The van der Waals surface area contributed by atoms with Crippen LogP contribution in [0.5, 0.6) is 0 Å². The highest BCUT2D eigenvalue weighted by molar-refractivity contribution is 7.12. The average molecular weight is 481 g/mol. The first-order valence-corrected chi connectivity index (χ1v) is 10.9. The molecule has 1 aromatic carbocycles. The normalized spacial score (nSPS) is 15.2. The molecule has 1 aliphatic rings. The third-order valence-electron chi connectivity index (χ3n) is 4.81. The fraction of sp³-hybridized carbons (Fsp3) is 0.318. The lowest BCUT2D eigenvalue weighted by Crippen LogP contribution is -2.31. The summed E-state index contributed by atoms with van der Waals surface area (Å²) in [6.45, 7) is 3.78. The molecule has 2 N–H and O–H groups in total. The van der Waals surface area contributed by atoms with Gasteiger partial charge in [-0.05, 0) is 41.5 Å². The van der Waals surface area contributed by atoms with Gasteiger partial charge in [-0.2, -0.15) is 18.3 Å². The molecule has 0 spiro atoms. The van der Waals surface area contributed by atoms with E-state index in [1.807, 2.05) is 41.3 Å².